The van der Waals surface area contributed by atoms with E-state index in [4.69, 9.17) is 9.88 Å². The predicted octanol–water partition coefficient (Wildman–Crippen LogP) is 0.719. The Balaban J connectivity index is 2.28. The first-order valence-electron chi connectivity index (χ1n) is 7.02. The molecule has 1 heterocycles. The molecule has 1 aliphatic rings. The quantitative estimate of drug-likeness (QED) is 0.756. The number of carbonyl (C=O) groups excluding carboxylic acids is 1. The molecule has 118 valence electrons. The fourth-order valence-corrected chi connectivity index (χ4v) is 2.80. The minimum absolute atomic E-state index is 0.0129. The molecule has 0 atom stereocenters. The predicted molar refractivity (Wildman–Crippen MR) is 77.6 cm³/mol. The molecule has 0 aromatic carbocycles. The minimum atomic E-state index is -3.37. The summed E-state index contributed by atoms with van der Waals surface area (Å²) in [6.07, 6.45) is 2.07. The maximum absolute atomic E-state index is 11.9. The van der Waals surface area contributed by atoms with Crippen LogP contribution in [-0.4, -0.2) is 50.3 Å². The molecule has 1 saturated heterocycles. The molecule has 0 unspecified atom stereocenters. The van der Waals surface area contributed by atoms with E-state index in [9.17, 15) is 13.2 Å². The highest BCUT2D eigenvalue weighted by Crippen LogP contribution is 2.21. The average molecular weight is 306 g/mol. The third kappa shape index (κ3) is 7.21. The summed E-state index contributed by atoms with van der Waals surface area (Å²) in [6, 6.07) is 0. The maximum Gasteiger partial charge on any atom is 0.309 e. The zero-order valence-corrected chi connectivity index (χ0v) is 13.4. The minimum Gasteiger partial charge on any atom is -0.460 e. The number of nitrogens with zero attached hydrogens (tertiary/aromatic N) is 1. The molecule has 0 spiro atoms. The van der Waals surface area contributed by atoms with Gasteiger partial charge in [0.2, 0.25) is 10.0 Å². The van der Waals surface area contributed by atoms with Crippen molar-refractivity contribution in [1.82, 2.24) is 4.90 Å². The second-order valence-corrected chi connectivity index (χ2v) is 8.10. The van der Waals surface area contributed by atoms with Crippen LogP contribution in [0.2, 0.25) is 0 Å². The molecule has 1 aliphatic heterocycles. The Kier molecular flexibility index (Phi) is 5.97. The van der Waals surface area contributed by atoms with Crippen molar-refractivity contribution in [3.05, 3.63) is 0 Å². The number of rotatable bonds is 5. The van der Waals surface area contributed by atoms with Gasteiger partial charge in [-0.05, 0) is 59.7 Å². The molecule has 0 radical (unpaired) electrons. The van der Waals surface area contributed by atoms with Crippen molar-refractivity contribution in [3.63, 3.8) is 0 Å². The molecule has 20 heavy (non-hydrogen) atoms. The lowest BCUT2D eigenvalue weighted by molar-refractivity contribution is -0.161. The lowest BCUT2D eigenvalue weighted by Gasteiger charge is -2.32. The SMILES string of the molecule is CC(C)(C)OC(=O)C1CCN(CCCS(N)(=O)=O)CC1. The van der Waals surface area contributed by atoms with Gasteiger partial charge in [0.1, 0.15) is 5.60 Å². The molecule has 0 bridgehead atoms. The highest BCUT2D eigenvalue weighted by molar-refractivity contribution is 7.89. The first kappa shape index (κ1) is 17.4. The summed E-state index contributed by atoms with van der Waals surface area (Å²) in [5.41, 5.74) is -0.441. The van der Waals surface area contributed by atoms with Crippen molar-refractivity contribution < 1.29 is 17.9 Å². The molecule has 0 aromatic rings. The molecule has 6 nitrogen and oxygen atoms in total. The van der Waals surface area contributed by atoms with Gasteiger partial charge < -0.3 is 9.64 Å². The van der Waals surface area contributed by atoms with Crippen LogP contribution in [0.25, 0.3) is 0 Å². The number of ether oxygens (including phenoxy) is 1. The highest BCUT2D eigenvalue weighted by atomic mass is 32.2. The Morgan fingerprint density at radius 3 is 2.30 bits per heavy atom. The summed E-state index contributed by atoms with van der Waals surface area (Å²) in [6.45, 7) is 7.91. The fraction of sp³-hybridized carbons (Fsp3) is 0.923. The molecule has 0 aliphatic carbocycles. The van der Waals surface area contributed by atoms with Gasteiger partial charge in [-0.15, -0.1) is 0 Å². The number of esters is 1. The van der Waals surface area contributed by atoms with Crippen molar-refractivity contribution in [2.75, 3.05) is 25.4 Å². The monoisotopic (exact) mass is 306 g/mol. The van der Waals surface area contributed by atoms with E-state index in [1.807, 2.05) is 20.8 Å². The summed E-state index contributed by atoms with van der Waals surface area (Å²) in [4.78, 5) is 14.1. The van der Waals surface area contributed by atoms with Crippen LogP contribution >= 0.6 is 0 Å². The second-order valence-electron chi connectivity index (χ2n) is 6.37. The Hall–Kier alpha value is -0.660. The van der Waals surface area contributed by atoms with Crippen LogP contribution in [0.4, 0.5) is 0 Å². The van der Waals surface area contributed by atoms with Gasteiger partial charge in [-0.3, -0.25) is 4.79 Å². The van der Waals surface area contributed by atoms with Crippen molar-refractivity contribution >= 4 is 16.0 Å². The van der Waals surface area contributed by atoms with E-state index in [0.717, 1.165) is 25.9 Å². The molecule has 1 rings (SSSR count). The van der Waals surface area contributed by atoms with E-state index in [1.54, 1.807) is 0 Å². The van der Waals surface area contributed by atoms with Crippen molar-refractivity contribution in [3.8, 4) is 0 Å². The van der Waals surface area contributed by atoms with Gasteiger partial charge in [-0.25, -0.2) is 13.6 Å². The third-order valence-electron chi connectivity index (χ3n) is 3.23. The lowest BCUT2D eigenvalue weighted by atomic mass is 9.96. The fourth-order valence-electron chi connectivity index (χ4n) is 2.27. The third-order valence-corrected chi connectivity index (χ3v) is 4.09. The van der Waals surface area contributed by atoms with Crippen molar-refractivity contribution in [2.45, 2.75) is 45.6 Å². The Bertz CT molecular complexity index is 420. The van der Waals surface area contributed by atoms with Crippen LogP contribution in [-0.2, 0) is 19.6 Å². The number of hydrogen-bond acceptors (Lipinski definition) is 5. The van der Waals surface area contributed by atoms with Crippen molar-refractivity contribution in [2.24, 2.45) is 11.1 Å². The zero-order chi connectivity index (χ0) is 15.4. The second kappa shape index (κ2) is 6.87. The van der Waals surface area contributed by atoms with E-state index in [-0.39, 0.29) is 17.6 Å². The Labute approximate surface area is 121 Å². The number of nitrogens with two attached hydrogens (primary N) is 1. The molecule has 1 fully saturated rings. The number of carbonyl (C=O) groups is 1. The molecular weight excluding hydrogens is 280 g/mol. The largest absolute Gasteiger partial charge is 0.460 e. The first-order valence-corrected chi connectivity index (χ1v) is 8.74. The van der Waals surface area contributed by atoms with Gasteiger partial charge in [0.25, 0.3) is 0 Å². The van der Waals surface area contributed by atoms with Gasteiger partial charge in [0, 0.05) is 0 Å². The normalized spacial score (nSPS) is 19.0. The van der Waals surface area contributed by atoms with Gasteiger partial charge in [-0.1, -0.05) is 0 Å². The molecule has 2 N–H and O–H groups in total. The standard InChI is InChI=1S/C13H26N2O4S/c1-13(2,3)19-12(16)11-5-8-15(9-6-11)7-4-10-20(14,17)18/h11H,4-10H2,1-3H3,(H2,14,17,18). The van der Waals surface area contributed by atoms with Crippen molar-refractivity contribution in [1.29, 1.82) is 0 Å². The summed E-state index contributed by atoms with van der Waals surface area (Å²) < 4.78 is 27.1. The summed E-state index contributed by atoms with van der Waals surface area (Å²) in [7, 11) is -3.37. The number of hydrogen-bond donors (Lipinski definition) is 1. The zero-order valence-electron chi connectivity index (χ0n) is 12.6. The van der Waals surface area contributed by atoms with Gasteiger partial charge >= 0.3 is 5.97 Å². The van der Waals surface area contributed by atoms with E-state index in [1.165, 1.54) is 0 Å². The number of likely N-dealkylation sites (tertiary alicyclic amines) is 1. The van der Waals surface area contributed by atoms with E-state index in [2.05, 4.69) is 4.90 Å². The summed E-state index contributed by atoms with van der Waals surface area (Å²) >= 11 is 0. The molecule has 0 saturated carbocycles. The van der Waals surface area contributed by atoms with Crippen LogP contribution in [0.1, 0.15) is 40.0 Å². The molecule has 0 aromatic heterocycles. The number of primary sulfonamides is 1. The average Bonchev–Trinajstić information content (AvgIpc) is 2.25. The number of sulfonamides is 1. The van der Waals surface area contributed by atoms with E-state index >= 15 is 0 Å². The first-order chi connectivity index (χ1) is 9.07. The molecular formula is C13H26N2O4S. The lowest BCUT2D eigenvalue weighted by Crippen LogP contribution is -2.39. The van der Waals surface area contributed by atoms with Crippen LogP contribution in [0, 0.1) is 5.92 Å². The number of piperidine rings is 1. The topological polar surface area (TPSA) is 89.7 Å². The summed E-state index contributed by atoms with van der Waals surface area (Å²) in [5.74, 6) is -0.149. The van der Waals surface area contributed by atoms with E-state index in [0.29, 0.717) is 13.0 Å². The van der Waals surface area contributed by atoms with E-state index < -0.39 is 15.6 Å². The molecule has 7 heteroatoms. The van der Waals surface area contributed by atoms with Gasteiger partial charge in [-0.2, -0.15) is 0 Å². The highest BCUT2D eigenvalue weighted by Gasteiger charge is 2.28. The maximum atomic E-state index is 11.9. The van der Waals surface area contributed by atoms with Crippen LogP contribution < -0.4 is 5.14 Å². The van der Waals surface area contributed by atoms with Crippen LogP contribution in [0.3, 0.4) is 0 Å². The Morgan fingerprint density at radius 2 is 1.85 bits per heavy atom. The Morgan fingerprint density at radius 1 is 1.30 bits per heavy atom. The smallest absolute Gasteiger partial charge is 0.309 e. The van der Waals surface area contributed by atoms with Gasteiger partial charge in [0.15, 0.2) is 0 Å². The summed E-state index contributed by atoms with van der Waals surface area (Å²) in [5, 5.41) is 4.96. The van der Waals surface area contributed by atoms with Gasteiger partial charge in [0.05, 0.1) is 11.7 Å². The van der Waals surface area contributed by atoms with Crippen LogP contribution in [0.15, 0.2) is 0 Å². The molecule has 0 amide bonds. The van der Waals surface area contributed by atoms with Crippen LogP contribution in [0.5, 0.6) is 0 Å².